The van der Waals surface area contributed by atoms with Crippen LogP contribution in [0.4, 0.5) is 0 Å². The molecule has 0 aliphatic rings. The molecule has 0 aliphatic heterocycles. The number of hydrogen-bond donors (Lipinski definition) is 2. The molecule has 1 aromatic carbocycles. The molecule has 94 valence electrons. The number of carbonyl (C=O) groups is 1. The second-order valence-electron chi connectivity index (χ2n) is 4.86. The maximum atomic E-state index is 11.1. The first-order valence-corrected chi connectivity index (χ1v) is 5.97. The van der Waals surface area contributed by atoms with Gasteiger partial charge in [-0.15, -0.1) is 0 Å². The lowest BCUT2D eigenvalue weighted by atomic mass is 10.0. The van der Waals surface area contributed by atoms with Crippen molar-refractivity contribution >= 4 is 5.97 Å². The van der Waals surface area contributed by atoms with E-state index < -0.39 is 12.0 Å². The second kappa shape index (κ2) is 5.82. The molecule has 0 fully saturated rings. The SMILES string of the molecule is Cc1cccc([C@@H](C)NC(C(=O)O)C(C)C)c1. The van der Waals surface area contributed by atoms with Crippen LogP contribution in [-0.4, -0.2) is 17.1 Å². The van der Waals surface area contributed by atoms with Crippen LogP contribution < -0.4 is 5.32 Å². The van der Waals surface area contributed by atoms with Crippen LogP contribution in [0.3, 0.4) is 0 Å². The minimum absolute atomic E-state index is 0.0402. The fraction of sp³-hybridized carbons (Fsp3) is 0.500. The Morgan fingerprint density at radius 1 is 1.29 bits per heavy atom. The highest BCUT2D eigenvalue weighted by atomic mass is 16.4. The first-order valence-electron chi connectivity index (χ1n) is 5.97. The fourth-order valence-corrected chi connectivity index (χ4v) is 1.85. The first kappa shape index (κ1) is 13.7. The highest BCUT2D eigenvalue weighted by Gasteiger charge is 2.23. The molecule has 1 unspecified atom stereocenters. The smallest absolute Gasteiger partial charge is 0.320 e. The van der Waals surface area contributed by atoms with E-state index in [1.165, 1.54) is 5.56 Å². The van der Waals surface area contributed by atoms with Crippen LogP contribution in [0, 0.1) is 12.8 Å². The Hall–Kier alpha value is -1.35. The second-order valence-corrected chi connectivity index (χ2v) is 4.86. The molecular formula is C14H21NO2. The lowest BCUT2D eigenvalue weighted by Crippen LogP contribution is -2.42. The molecule has 0 amide bonds. The van der Waals surface area contributed by atoms with E-state index in [0.29, 0.717) is 0 Å². The van der Waals surface area contributed by atoms with Gasteiger partial charge in [0.2, 0.25) is 0 Å². The van der Waals surface area contributed by atoms with Gasteiger partial charge in [-0.3, -0.25) is 10.1 Å². The first-order chi connectivity index (χ1) is 7.91. The van der Waals surface area contributed by atoms with E-state index in [9.17, 15) is 4.79 Å². The average Bonchev–Trinajstić information content (AvgIpc) is 2.24. The molecule has 3 heteroatoms. The summed E-state index contributed by atoms with van der Waals surface area (Å²) in [6.45, 7) is 7.85. The molecular weight excluding hydrogens is 214 g/mol. The molecule has 0 spiro atoms. The number of hydrogen-bond acceptors (Lipinski definition) is 2. The zero-order chi connectivity index (χ0) is 13.0. The van der Waals surface area contributed by atoms with Crippen LogP contribution in [0.2, 0.25) is 0 Å². The highest BCUT2D eigenvalue weighted by molar-refractivity contribution is 5.73. The molecule has 0 aliphatic carbocycles. The molecule has 2 N–H and O–H groups in total. The van der Waals surface area contributed by atoms with E-state index in [-0.39, 0.29) is 12.0 Å². The standard InChI is InChI=1S/C14H21NO2/c1-9(2)13(14(16)17)15-11(4)12-7-5-6-10(3)8-12/h5-9,11,13,15H,1-4H3,(H,16,17)/t11-,13?/m1/s1. The lowest BCUT2D eigenvalue weighted by molar-refractivity contribution is -0.140. The number of carboxylic acid groups (broad SMARTS) is 1. The van der Waals surface area contributed by atoms with E-state index in [0.717, 1.165) is 5.56 Å². The predicted octanol–water partition coefficient (Wildman–Crippen LogP) is 2.75. The van der Waals surface area contributed by atoms with E-state index in [2.05, 4.69) is 11.4 Å². The van der Waals surface area contributed by atoms with Gasteiger partial charge in [0.25, 0.3) is 0 Å². The average molecular weight is 235 g/mol. The monoisotopic (exact) mass is 235 g/mol. The summed E-state index contributed by atoms with van der Waals surface area (Å²) in [7, 11) is 0. The van der Waals surface area contributed by atoms with E-state index in [1.807, 2.05) is 45.9 Å². The van der Waals surface area contributed by atoms with Crippen LogP contribution >= 0.6 is 0 Å². The molecule has 1 aromatic rings. The molecule has 1 rings (SSSR count). The van der Waals surface area contributed by atoms with Crippen molar-refractivity contribution in [2.45, 2.75) is 39.8 Å². The Labute approximate surface area is 103 Å². The van der Waals surface area contributed by atoms with Crippen molar-refractivity contribution in [3.8, 4) is 0 Å². The molecule has 2 atom stereocenters. The van der Waals surface area contributed by atoms with Gasteiger partial charge in [0.15, 0.2) is 0 Å². The van der Waals surface area contributed by atoms with Crippen molar-refractivity contribution in [1.82, 2.24) is 5.32 Å². The largest absolute Gasteiger partial charge is 0.480 e. The van der Waals surface area contributed by atoms with Gasteiger partial charge >= 0.3 is 5.97 Å². The summed E-state index contributed by atoms with van der Waals surface area (Å²) in [5.74, 6) is -0.723. The molecule has 0 heterocycles. The van der Waals surface area contributed by atoms with E-state index >= 15 is 0 Å². The van der Waals surface area contributed by atoms with Gasteiger partial charge in [-0.25, -0.2) is 0 Å². The third-order valence-electron chi connectivity index (χ3n) is 2.90. The minimum atomic E-state index is -0.792. The Bertz CT molecular complexity index is 388. The van der Waals surface area contributed by atoms with Crippen LogP contribution in [0.25, 0.3) is 0 Å². The Morgan fingerprint density at radius 2 is 1.94 bits per heavy atom. The summed E-state index contributed by atoms with van der Waals surface area (Å²) < 4.78 is 0. The zero-order valence-corrected chi connectivity index (χ0v) is 10.9. The van der Waals surface area contributed by atoms with Crippen LogP contribution in [-0.2, 0) is 4.79 Å². The van der Waals surface area contributed by atoms with Gasteiger partial charge in [0, 0.05) is 6.04 Å². The van der Waals surface area contributed by atoms with Crippen molar-refractivity contribution in [3.63, 3.8) is 0 Å². The number of carboxylic acids is 1. The van der Waals surface area contributed by atoms with E-state index in [1.54, 1.807) is 0 Å². The number of nitrogens with one attached hydrogen (secondary N) is 1. The number of benzene rings is 1. The quantitative estimate of drug-likeness (QED) is 0.825. The molecule has 0 radical (unpaired) electrons. The summed E-state index contributed by atoms with van der Waals surface area (Å²) in [6.07, 6.45) is 0. The Morgan fingerprint density at radius 3 is 2.41 bits per heavy atom. The van der Waals surface area contributed by atoms with Crippen molar-refractivity contribution in [2.75, 3.05) is 0 Å². The molecule has 0 aromatic heterocycles. The van der Waals surface area contributed by atoms with Crippen molar-refractivity contribution in [1.29, 1.82) is 0 Å². The number of aliphatic carboxylic acids is 1. The van der Waals surface area contributed by atoms with Gasteiger partial charge < -0.3 is 5.11 Å². The summed E-state index contributed by atoms with van der Waals surface area (Å²) in [5, 5.41) is 12.3. The number of aryl methyl sites for hydroxylation is 1. The van der Waals surface area contributed by atoms with Crippen LogP contribution in [0.15, 0.2) is 24.3 Å². The van der Waals surface area contributed by atoms with Crippen molar-refractivity contribution < 1.29 is 9.90 Å². The number of rotatable bonds is 5. The fourth-order valence-electron chi connectivity index (χ4n) is 1.85. The normalized spacial score (nSPS) is 14.6. The van der Waals surface area contributed by atoms with Crippen LogP contribution in [0.5, 0.6) is 0 Å². The molecule has 0 saturated heterocycles. The third kappa shape index (κ3) is 3.86. The topological polar surface area (TPSA) is 49.3 Å². The van der Waals surface area contributed by atoms with E-state index in [4.69, 9.17) is 5.11 Å². The molecule has 0 bridgehead atoms. The Balaban J connectivity index is 2.77. The zero-order valence-electron chi connectivity index (χ0n) is 10.9. The predicted molar refractivity (Wildman–Crippen MR) is 69.0 cm³/mol. The molecule has 0 saturated carbocycles. The summed E-state index contributed by atoms with van der Waals surface area (Å²) in [4.78, 5) is 11.1. The van der Waals surface area contributed by atoms with Gasteiger partial charge in [0.05, 0.1) is 0 Å². The van der Waals surface area contributed by atoms with Crippen LogP contribution in [0.1, 0.15) is 37.9 Å². The summed E-state index contributed by atoms with van der Waals surface area (Å²) in [5.41, 5.74) is 2.31. The minimum Gasteiger partial charge on any atom is -0.480 e. The Kier molecular flexibility index (Phi) is 4.70. The maximum absolute atomic E-state index is 11.1. The molecule has 17 heavy (non-hydrogen) atoms. The van der Waals surface area contributed by atoms with Crippen molar-refractivity contribution in [2.24, 2.45) is 5.92 Å². The lowest BCUT2D eigenvalue weighted by Gasteiger charge is -2.23. The third-order valence-corrected chi connectivity index (χ3v) is 2.90. The summed E-state index contributed by atoms with van der Waals surface area (Å²) in [6, 6.07) is 7.66. The van der Waals surface area contributed by atoms with Gasteiger partial charge in [-0.1, -0.05) is 43.7 Å². The van der Waals surface area contributed by atoms with Crippen molar-refractivity contribution in [3.05, 3.63) is 35.4 Å². The highest BCUT2D eigenvalue weighted by Crippen LogP contribution is 2.16. The maximum Gasteiger partial charge on any atom is 0.320 e. The molecule has 3 nitrogen and oxygen atoms in total. The van der Waals surface area contributed by atoms with Gasteiger partial charge in [-0.05, 0) is 25.3 Å². The van der Waals surface area contributed by atoms with Gasteiger partial charge in [-0.2, -0.15) is 0 Å². The van der Waals surface area contributed by atoms with Gasteiger partial charge in [0.1, 0.15) is 6.04 Å². The summed E-state index contributed by atoms with van der Waals surface area (Å²) >= 11 is 0.